The number of urea groups is 1. The van der Waals surface area contributed by atoms with E-state index in [4.69, 9.17) is 23.2 Å². The van der Waals surface area contributed by atoms with E-state index in [1.807, 2.05) is 12.1 Å². The van der Waals surface area contributed by atoms with Gasteiger partial charge in [0.2, 0.25) is 0 Å². The standard InChI is InChI=1S/C17H17Cl2N3O/c18-12-6-8-14(19)16(9-12)22-17(23)20-10-13-7-5-11-3-1-2-4-15(11)21-13/h1-4,6,8-9,13,21H,5,7,10H2,(H2,20,22,23). The van der Waals surface area contributed by atoms with Gasteiger partial charge in [-0.15, -0.1) is 0 Å². The van der Waals surface area contributed by atoms with Crippen molar-refractivity contribution in [3.63, 3.8) is 0 Å². The second kappa shape index (κ2) is 7.11. The summed E-state index contributed by atoms with van der Waals surface area (Å²) in [7, 11) is 0. The number of fused-ring (bicyclic) bond motifs is 1. The first kappa shape index (κ1) is 16.0. The molecule has 0 aromatic heterocycles. The predicted octanol–water partition coefficient (Wildman–Crippen LogP) is 4.54. The average molecular weight is 350 g/mol. The Morgan fingerprint density at radius 1 is 1.22 bits per heavy atom. The van der Waals surface area contributed by atoms with E-state index in [1.54, 1.807) is 18.2 Å². The van der Waals surface area contributed by atoms with Crippen LogP contribution < -0.4 is 16.0 Å². The first-order chi connectivity index (χ1) is 11.1. The molecule has 1 aliphatic heterocycles. The summed E-state index contributed by atoms with van der Waals surface area (Å²) < 4.78 is 0. The van der Waals surface area contributed by atoms with E-state index in [1.165, 1.54) is 5.56 Å². The summed E-state index contributed by atoms with van der Waals surface area (Å²) in [5.41, 5.74) is 2.96. The Hall–Kier alpha value is -1.91. The highest BCUT2D eigenvalue weighted by molar-refractivity contribution is 6.35. The summed E-state index contributed by atoms with van der Waals surface area (Å²) >= 11 is 11.9. The van der Waals surface area contributed by atoms with Gasteiger partial charge in [-0.25, -0.2) is 4.79 Å². The van der Waals surface area contributed by atoms with Crippen LogP contribution >= 0.6 is 23.2 Å². The molecular formula is C17H17Cl2N3O. The summed E-state index contributed by atoms with van der Waals surface area (Å²) in [5, 5.41) is 10.0. The fourth-order valence-corrected chi connectivity index (χ4v) is 2.97. The van der Waals surface area contributed by atoms with Crippen LogP contribution in [0.25, 0.3) is 0 Å². The Balaban J connectivity index is 1.53. The minimum absolute atomic E-state index is 0.213. The second-order valence-electron chi connectivity index (χ2n) is 5.50. The number of benzene rings is 2. The van der Waals surface area contributed by atoms with Crippen LogP contribution in [0.4, 0.5) is 16.2 Å². The molecule has 23 heavy (non-hydrogen) atoms. The van der Waals surface area contributed by atoms with Crippen LogP contribution in [0, 0.1) is 0 Å². The topological polar surface area (TPSA) is 53.2 Å². The first-order valence-electron chi connectivity index (χ1n) is 7.46. The number of carbonyl (C=O) groups excluding carboxylic acids is 1. The highest BCUT2D eigenvalue weighted by Gasteiger charge is 2.17. The number of aryl methyl sites for hydroxylation is 1. The molecule has 6 heteroatoms. The number of rotatable bonds is 3. The molecular weight excluding hydrogens is 333 g/mol. The van der Waals surface area contributed by atoms with Crippen LogP contribution in [-0.4, -0.2) is 18.6 Å². The zero-order chi connectivity index (χ0) is 16.2. The van der Waals surface area contributed by atoms with Gasteiger partial charge >= 0.3 is 6.03 Å². The number of hydrogen-bond acceptors (Lipinski definition) is 2. The molecule has 1 unspecified atom stereocenters. The molecule has 0 radical (unpaired) electrons. The number of anilines is 2. The molecule has 0 saturated carbocycles. The summed E-state index contributed by atoms with van der Waals surface area (Å²) in [6, 6.07) is 13.1. The van der Waals surface area contributed by atoms with Gasteiger partial charge < -0.3 is 16.0 Å². The highest BCUT2D eigenvalue weighted by atomic mass is 35.5. The van der Waals surface area contributed by atoms with Crippen LogP contribution in [0.2, 0.25) is 10.0 Å². The Labute approximate surface area is 145 Å². The fraction of sp³-hybridized carbons (Fsp3) is 0.235. The Morgan fingerprint density at radius 3 is 2.91 bits per heavy atom. The van der Waals surface area contributed by atoms with Crippen molar-refractivity contribution in [1.29, 1.82) is 0 Å². The summed E-state index contributed by atoms with van der Waals surface area (Å²) in [6.07, 6.45) is 1.99. The van der Waals surface area contributed by atoms with Crippen molar-refractivity contribution in [1.82, 2.24) is 5.32 Å². The van der Waals surface area contributed by atoms with Gasteiger partial charge in [-0.2, -0.15) is 0 Å². The number of para-hydroxylation sites is 1. The number of amides is 2. The van der Waals surface area contributed by atoms with Gasteiger partial charge in [-0.1, -0.05) is 41.4 Å². The molecule has 0 spiro atoms. The van der Waals surface area contributed by atoms with Gasteiger partial charge in [0.15, 0.2) is 0 Å². The van der Waals surface area contributed by atoms with Crippen molar-refractivity contribution in [3.8, 4) is 0 Å². The normalized spacial score (nSPS) is 16.2. The number of halogens is 2. The van der Waals surface area contributed by atoms with Gasteiger partial charge in [0.1, 0.15) is 0 Å². The molecule has 1 aliphatic rings. The smallest absolute Gasteiger partial charge is 0.319 e. The largest absolute Gasteiger partial charge is 0.380 e. The zero-order valence-electron chi connectivity index (χ0n) is 12.4. The van der Waals surface area contributed by atoms with Crippen molar-refractivity contribution >= 4 is 40.6 Å². The lowest BCUT2D eigenvalue weighted by Gasteiger charge is -2.27. The minimum Gasteiger partial charge on any atom is -0.380 e. The van der Waals surface area contributed by atoms with Gasteiger partial charge in [-0.3, -0.25) is 0 Å². The van der Waals surface area contributed by atoms with E-state index >= 15 is 0 Å². The van der Waals surface area contributed by atoms with E-state index in [-0.39, 0.29) is 12.1 Å². The molecule has 1 atom stereocenters. The quantitative estimate of drug-likeness (QED) is 0.761. The van der Waals surface area contributed by atoms with E-state index in [0.29, 0.717) is 22.3 Å². The van der Waals surface area contributed by atoms with Crippen molar-refractivity contribution in [2.45, 2.75) is 18.9 Å². The van der Waals surface area contributed by atoms with Crippen molar-refractivity contribution in [2.75, 3.05) is 17.2 Å². The van der Waals surface area contributed by atoms with Crippen LogP contribution in [-0.2, 0) is 6.42 Å². The number of nitrogens with one attached hydrogen (secondary N) is 3. The number of hydrogen-bond donors (Lipinski definition) is 3. The molecule has 0 aliphatic carbocycles. The third-order valence-corrected chi connectivity index (χ3v) is 4.39. The summed E-state index contributed by atoms with van der Waals surface area (Å²) in [6.45, 7) is 0.540. The molecule has 1 heterocycles. The highest BCUT2D eigenvalue weighted by Crippen LogP contribution is 2.26. The first-order valence-corrected chi connectivity index (χ1v) is 8.22. The lowest BCUT2D eigenvalue weighted by molar-refractivity contribution is 0.251. The second-order valence-corrected chi connectivity index (χ2v) is 6.34. The van der Waals surface area contributed by atoms with Crippen LogP contribution in [0.15, 0.2) is 42.5 Å². The van der Waals surface area contributed by atoms with Gasteiger partial charge in [0.05, 0.1) is 10.7 Å². The molecule has 0 saturated heterocycles. The van der Waals surface area contributed by atoms with E-state index in [2.05, 4.69) is 28.1 Å². The molecule has 2 aromatic rings. The molecule has 2 aromatic carbocycles. The van der Waals surface area contributed by atoms with Crippen molar-refractivity contribution < 1.29 is 4.79 Å². The van der Waals surface area contributed by atoms with Crippen LogP contribution in [0.5, 0.6) is 0 Å². The molecule has 0 bridgehead atoms. The molecule has 3 rings (SSSR count). The van der Waals surface area contributed by atoms with Gasteiger partial charge in [0.25, 0.3) is 0 Å². The lowest BCUT2D eigenvalue weighted by atomic mass is 9.98. The van der Waals surface area contributed by atoms with E-state index in [0.717, 1.165) is 18.5 Å². The molecule has 0 fully saturated rings. The molecule has 2 amide bonds. The van der Waals surface area contributed by atoms with E-state index in [9.17, 15) is 4.79 Å². The van der Waals surface area contributed by atoms with Crippen molar-refractivity contribution in [2.24, 2.45) is 0 Å². The minimum atomic E-state index is -0.296. The van der Waals surface area contributed by atoms with E-state index < -0.39 is 0 Å². The maximum atomic E-state index is 12.0. The Morgan fingerprint density at radius 2 is 2.04 bits per heavy atom. The summed E-state index contributed by atoms with van der Waals surface area (Å²) in [4.78, 5) is 12.0. The fourth-order valence-electron chi connectivity index (χ4n) is 2.63. The predicted molar refractivity (Wildman–Crippen MR) is 95.7 cm³/mol. The lowest BCUT2D eigenvalue weighted by Crippen LogP contribution is -2.40. The SMILES string of the molecule is O=C(NCC1CCc2ccccc2N1)Nc1cc(Cl)ccc1Cl. The molecule has 4 nitrogen and oxygen atoms in total. The third kappa shape index (κ3) is 4.09. The van der Waals surface area contributed by atoms with Gasteiger partial charge in [-0.05, 0) is 42.7 Å². The van der Waals surface area contributed by atoms with Crippen LogP contribution in [0.1, 0.15) is 12.0 Å². The zero-order valence-corrected chi connectivity index (χ0v) is 13.9. The average Bonchev–Trinajstić information content (AvgIpc) is 2.56. The molecule has 3 N–H and O–H groups in total. The van der Waals surface area contributed by atoms with Crippen molar-refractivity contribution in [3.05, 3.63) is 58.1 Å². The monoisotopic (exact) mass is 349 g/mol. The summed E-state index contributed by atoms with van der Waals surface area (Å²) in [5.74, 6) is 0. The van der Waals surface area contributed by atoms with Crippen LogP contribution in [0.3, 0.4) is 0 Å². The van der Waals surface area contributed by atoms with Gasteiger partial charge in [0, 0.05) is 23.3 Å². The Bertz CT molecular complexity index is 721. The number of carbonyl (C=O) groups is 1. The molecule has 120 valence electrons. The Kier molecular flexibility index (Phi) is 4.94. The maximum Gasteiger partial charge on any atom is 0.319 e. The maximum absolute atomic E-state index is 12.0. The third-order valence-electron chi connectivity index (χ3n) is 3.82.